The number of carbonyl (C=O) groups excluding carboxylic acids is 1. The van der Waals surface area contributed by atoms with Crippen molar-refractivity contribution in [1.82, 2.24) is 0 Å². The number of amides is 1. The Kier molecular flexibility index (Phi) is 3.01. The second-order valence-electron chi connectivity index (χ2n) is 6.46. The van der Waals surface area contributed by atoms with Gasteiger partial charge in [0.05, 0.1) is 12.2 Å². The van der Waals surface area contributed by atoms with Gasteiger partial charge in [-0.3, -0.25) is 4.90 Å². The Hall–Kier alpha value is -1.23. The monoisotopic (exact) mass is 339 g/mol. The summed E-state index contributed by atoms with van der Waals surface area (Å²) in [6.07, 6.45) is 1.66. The van der Waals surface area contributed by atoms with Crippen LogP contribution in [0.2, 0.25) is 0 Å². The molecule has 0 bridgehead atoms. The van der Waals surface area contributed by atoms with Gasteiger partial charge in [0, 0.05) is 4.47 Å². The second kappa shape index (κ2) is 4.38. The van der Waals surface area contributed by atoms with Gasteiger partial charge in [-0.15, -0.1) is 0 Å². The topological polar surface area (TPSA) is 38.8 Å². The zero-order valence-corrected chi connectivity index (χ0v) is 13.5. The van der Waals surface area contributed by atoms with Crippen LogP contribution in [0.3, 0.4) is 0 Å². The Labute approximate surface area is 127 Å². The van der Waals surface area contributed by atoms with Gasteiger partial charge in [0.1, 0.15) is 17.0 Å². The number of hydrogen-bond donors (Lipinski definition) is 0. The first-order valence-corrected chi connectivity index (χ1v) is 7.56. The molecule has 5 heteroatoms. The van der Waals surface area contributed by atoms with Crippen LogP contribution in [0.5, 0.6) is 5.75 Å². The number of fused-ring (bicyclic) bond motifs is 1. The highest BCUT2D eigenvalue weighted by molar-refractivity contribution is 9.10. The number of carbonyl (C=O) groups is 1. The molecule has 2 aliphatic rings. The summed E-state index contributed by atoms with van der Waals surface area (Å²) >= 11 is 3.44. The predicted octanol–water partition coefficient (Wildman–Crippen LogP) is 4.12. The zero-order valence-electron chi connectivity index (χ0n) is 11.9. The van der Waals surface area contributed by atoms with E-state index in [2.05, 4.69) is 15.9 Å². The zero-order chi connectivity index (χ0) is 14.5. The summed E-state index contributed by atoms with van der Waals surface area (Å²) < 4.78 is 12.5. The van der Waals surface area contributed by atoms with Crippen LogP contribution in [-0.2, 0) is 4.74 Å². The molecule has 1 aromatic rings. The van der Waals surface area contributed by atoms with E-state index in [1.54, 1.807) is 4.90 Å². The van der Waals surface area contributed by atoms with E-state index in [9.17, 15) is 4.79 Å². The Morgan fingerprint density at radius 2 is 2.10 bits per heavy atom. The highest BCUT2D eigenvalue weighted by Crippen LogP contribution is 2.49. The van der Waals surface area contributed by atoms with Crippen molar-refractivity contribution >= 4 is 27.7 Å². The van der Waals surface area contributed by atoms with Gasteiger partial charge < -0.3 is 9.47 Å². The van der Waals surface area contributed by atoms with Crippen LogP contribution in [0.25, 0.3) is 0 Å². The summed E-state index contributed by atoms with van der Waals surface area (Å²) in [6.45, 7) is 6.19. The number of nitrogens with zero attached hydrogens (tertiary/aromatic N) is 1. The van der Waals surface area contributed by atoms with Crippen molar-refractivity contribution in [2.45, 2.75) is 44.8 Å². The summed E-state index contributed by atoms with van der Waals surface area (Å²) in [5, 5.41) is 0. The molecule has 0 unspecified atom stereocenters. The van der Waals surface area contributed by atoms with Gasteiger partial charge in [-0.1, -0.05) is 15.9 Å². The summed E-state index contributed by atoms with van der Waals surface area (Å²) in [7, 11) is 0. The number of halogens is 1. The summed E-state index contributed by atoms with van der Waals surface area (Å²) in [6, 6.07) is 5.70. The summed E-state index contributed by atoms with van der Waals surface area (Å²) in [5.74, 6) is 0.744. The smallest absolute Gasteiger partial charge is 0.415 e. The molecule has 108 valence electrons. The van der Waals surface area contributed by atoms with Crippen LogP contribution >= 0.6 is 15.9 Å². The van der Waals surface area contributed by atoms with E-state index in [1.165, 1.54) is 0 Å². The number of rotatable bonds is 0. The molecule has 1 amide bonds. The van der Waals surface area contributed by atoms with Crippen molar-refractivity contribution in [2.24, 2.45) is 0 Å². The van der Waals surface area contributed by atoms with E-state index >= 15 is 0 Å². The van der Waals surface area contributed by atoms with Gasteiger partial charge in [0.25, 0.3) is 0 Å². The summed E-state index contributed by atoms with van der Waals surface area (Å²) in [4.78, 5) is 14.1. The second-order valence-corrected chi connectivity index (χ2v) is 7.38. The molecular weight excluding hydrogens is 322 g/mol. The van der Waals surface area contributed by atoms with Crippen molar-refractivity contribution in [1.29, 1.82) is 0 Å². The lowest BCUT2D eigenvalue weighted by molar-refractivity contribution is 0.0537. The van der Waals surface area contributed by atoms with E-state index in [0.29, 0.717) is 6.54 Å². The van der Waals surface area contributed by atoms with E-state index < -0.39 is 5.60 Å². The number of ether oxygens (including phenoxy) is 2. The van der Waals surface area contributed by atoms with Crippen LogP contribution in [0, 0.1) is 0 Å². The molecule has 0 radical (unpaired) electrons. The molecule has 1 fully saturated rings. The first kappa shape index (κ1) is 13.7. The molecule has 0 aromatic heterocycles. The minimum atomic E-state index is -0.498. The Morgan fingerprint density at radius 1 is 1.40 bits per heavy atom. The van der Waals surface area contributed by atoms with Crippen molar-refractivity contribution in [3.63, 3.8) is 0 Å². The summed E-state index contributed by atoms with van der Waals surface area (Å²) in [5.41, 5.74) is 0.0757. The Morgan fingerprint density at radius 3 is 2.70 bits per heavy atom. The fraction of sp³-hybridized carbons (Fsp3) is 0.533. The van der Waals surface area contributed by atoms with Gasteiger partial charge in [0.15, 0.2) is 0 Å². The van der Waals surface area contributed by atoms with E-state index in [0.717, 1.165) is 28.8 Å². The average molecular weight is 340 g/mol. The van der Waals surface area contributed by atoms with Crippen LogP contribution in [-0.4, -0.2) is 23.8 Å². The van der Waals surface area contributed by atoms with Crippen LogP contribution in [0.1, 0.15) is 33.6 Å². The minimum Gasteiger partial charge on any atom is -0.483 e. The van der Waals surface area contributed by atoms with E-state index in [-0.39, 0.29) is 11.7 Å². The van der Waals surface area contributed by atoms with Gasteiger partial charge in [0.2, 0.25) is 0 Å². The molecule has 0 N–H and O–H groups in total. The van der Waals surface area contributed by atoms with Gasteiger partial charge in [-0.25, -0.2) is 4.79 Å². The highest BCUT2D eigenvalue weighted by atomic mass is 79.9. The first-order chi connectivity index (χ1) is 9.28. The Balaban J connectivity index is 1.93. The molecular formula is C15H18BrNO3. The van der Waals surface area contributed by atoms with Crippen LogP contribution in [0.4, 0.5) is 10.5 Å². The molecule has 1 aliphatic carbocycles. The number of hydrogen-bond acceptors (Lipinski definition) is 3. The quantitative estimate of drug-likeness (QED) is 0.713. The third-order valence-corrected chi connectivity index (χ3v) is 3.90. The highest BCUT2D eigenvalue weighted by Gasteiger charge is 2.51. The fourth-order valence-corrected chi connectivity index (χ4v) is 2.65. The maximum Gasteiger partial charge on any atom is 0.415 e. The molecule has 3 rings (SSSR count). The molecule has 20 heavy (non-hydrogen) atoms. The lowest BCUT2D eigenvalue weighted by Crippen LogP contribution is -2.47. The SMILES string of the molecule is CC(C)(C)OC(=O)N1CC2(CC2)Oc2cc(Br)ccc21. The lowest BCUT2D eigenvalue weighted by Gasteiger charge is -2.36. The number of benzene rings is 1. The predicted molar refractivity (Wildman–Crippen MR) is 80.3 cm³/mol. The normalized spacial score (nSPS) is 19.3. The third-order valence-electron chi connectivity index (χ3n) is 3.41. The molecule has 1 saturated carbocycles. The minimum absolute atomic E-state index is 0.204. The molecule has 4 nitrogen and oxygen atoms in total. The van der Waals surface area contributed by atoms with Gasteiger partial charge >= 0.3 is 6.09 Å². The van der Waals surface area contributed by atoms with Crippen molar-refractivity contribution < 1.29 is 14.3 Å². The molecule has 1 aliphatic heterocycles. The van der Waals surface area contributed by atoms with Crippen molar-refractivity contribution in [2.75, 3.05) is 11.4 Å². The van der Waals surface area contributed by atoms with Crippen LogP contribution in [0.15, 0.2) is 22.7 Å². The average Bonchev–Trinajstić information content (AvgIpc) is 3.04. The molecule has 0 atom stereocenters. The lowest BCUT2D eigenvalue weighted by atomic mass is 10.1. The van der Waals surface area contributed by atoms with Crippen LogP contribution < -0.4 is 9.64 Å². The molecule has 1 spiro atoms. The van der Waals surface area contributed by atoms with Gasteiger partial charge in [-0.2, -0.15) is 0 Å². The van der Waals surface area contributed by atoms with E-state index in [4.69, 9.17) is 9.47 Å². The third kappa shape index (κ3) is 2.64. The van der Waals surface area contributed by atoms with Crippen molar-refractivity contribution in [3.8, 4) is 5.75 Å². The molecule has 0 saturated heterocycles. The molecule has 1 aromatic carbocycles. The molecule has 1 heterocycles. The van der Waals surface area contributed by atoms with Gasteiger partial charge in [-0.05, 0) is 51.8 Å². The maximum absolute atomic E-state index is 12.4. The van der Waals surface area contributed by atoms with Crippen molar-refractivity contribution in [3.05, 3.63) is 22.7 Å². The van der Waals surface area contributed by atoms with E-state index in [1.807, 2.05) is 39.0 Å². The Bertz CT molecular complexity index is 561. The fourth-order valence-electron chi connectivity index (χ4n) is 2.31. The maximum atomic E-state index is 12.4. The number of anilines is 1. The standard InChI is InChI=1S/C15H18BrNO3/c1-14(2,3)20-13(18)17-9-15(6-7-15)19-12-8-10(16)4-5-11(12)17/h4-5,8H,6-7,9H2,1-3H3. The first-order valence-electron chi connectivity index (χ1n) is 6.77. The largest absolute Gasteiger partial charge is 0.483 e.